The number of aromatic nitrogens is 3. The van der Waals surface area contributed by atoms with Gasteiger partial charge in [0.1, 0.15) is 6.33 Å². The smallest absolute Gasteiger partial charge is 0.233 e. The van der Waals surface area contributed by atoms with E-state index < -0.39 is 5.41 Å². The van der Waals surface area contributed by atoms with Crippen LogP contribution in [-0.2, 0) is 17.9 Å². The largest absolute Gasteiger partial charge is 0.392 e. The van der Waals surface area contributed by atoms with Crippen LogP contribution < -0.4 is 11.1 Å². The number of amides is 1. The summed E-state index contributed by atoms with van der Waals surface area (Å²) in [7, 11) is 0. The van der Waals surface area contributed by atoms with Crippen LogP contribution in [-0.4, -0.2) is 25.7 Å². The van der Waals surface area contributed by atoms with Crippen molar-refractivity contribution in [3.8, 4) is 0 Å². The minimum atomic E-state index is -0.813. The molecule has 0 saturated carbocycles. The van der Waals surface area contributed by atoms with Crippen molar-refractivity contribution in [2.75, 3.05) is 0 Å². The van der Waals surface area contributed by atoms with Gasteiger partial charge in [-0.2, -0.15) is 0 Å². The lowest BCUT2D eigenvalue weighted by Crippen LogP contribution is -2.46. The zero-order chi connectivity index (χ0) is 13.8. The van der Waals surface area contributed by atoms with Crippen LogP contribution in [0.4, 0.5) is 0 Å². The number of nitrogens with zero attached hydrogens (tertiary/aromatic N) is 3. The number of rotatable bonds is 6. The van der Waals surface area contributed by atoms with Gasteiger partial charge in [0.2, 0.25) is 5.91 Å². The van der Waals surface area contributed by atoms with Crippen molar-refractivity contribution in [1.82, 2.24) is 20.1 Å². The lowest BCUT2D eigenvalue weighted by atomic mass is 9.86. The second-order valence-electron chi connectivity index (χ2n) is 4.27. The molecule has 0 fully saturated rings. The molecule has 1 aromatic heterocycles. The Bertz CT molecular complexity index is 444. The van der Waals surface area contributed by atoms with E-state index in [2.05, 4.69) is 15.5 Å². The molecule has 1 amide bonds. The molecule has 0 aliphatic rings. The van der Waals surface area contributed by atoms with Crippen LogP contribution in [0.3, 0.4) is 0 Å². The van der Waals surface area contributed by atoms with Gasteiger partial charge in [-0.05, 0) is 20.3 Å². The molecule has 100 valence electrons. The van der Waals surface area contributed by atoms with Gasteiger partial charge in [0.15, 0.2) is 5.82 Å². The van der Waals surface area contributed by atoms with Gasteiger partial charge in [-0.1, -0.05) is 19.1 Å². The van der Waals surface area contributed by atoms with E-state index in [1.807, 2.05) is 18.4 Å². The van der Waals surface area contributed by atoms with Crippen LogP contribution in [0.5, 0.6) is 0 Å². The number of aryl methyl sites for hydroxylation is 1. The SMILES string of the molecule is CCn1cnnc1CNC(=O)C(C)(CC)C(N)=S. The summed E-state index contributed by atoms with van der Waals surface area (Å²) in [6.45, 7) is 6.70. The van der Waals surface area contributed by atoms with Crippen molar-refractivity contribution < 1.29 is 4.79 Å². The van der Waals surface area contributed by atoms with Crippen molar-refractivity contribution in [3.63, 3.8) is 0 Å². The molecule has 0 aliphatic carbocycles. The molecule has 7 heteroatoms. The minimum Gasteiger partial charge on any atom is -0.392 e. The van der Waals surface area contributed by atoms with Gasteiger partial charge < -0.3 is 15.6 Å². The summed E-state index contributed by atoms with van der Waals surface area (Å²) in [5, 5.41) is 10.5. The fourth-order valence-corrected chi connectivity index (χ4v) is 1.72. The molecule has 1 unspecified atom stereocenters. The van der Waals surface area contributed by atoms with E-state index in [-0.39, 0.29) is 10.9 Å². The van der Waals surface area contributed by atoms with Gasteiger partial charge in [-0.3, -0.25) is 4.79 Å². The summed E-state index contributed by atoms with van der Waals surface area (Å²) in [5.74, 6) is 0.537. The van der Waals surface area contributed by atoms with E-state index >= 15 is 0 Å². The normalized spacial score (nSPS) is 13.9. The quantitative estimate of drug-likeness (QED) is 0.739. The first-order valence-corrected chi connectivity index (χ1v) is 6.31. The number of nitrogens with two attached hydrogens (primary N) is 1. The van der Waals surface area contributed by atoms with E-state index in [1.165, 1.54) is 0 Å². The van der Waals surface area contributed by atoms with E-state index in [1.54, 1.807) is 13.3 Å². The Morgan fingerprint density at radius 2 is 2.28 bits per heavy atom. The third-order valence-electron chi connectivity index (χ3n) is 3.20. The van der Waals surface area contributed by atoms with E-state index in [4.69, 9.17) is 18.0 Å². The highest BCUT2D eigenvalue weighted by Crippen LogP contribution is 2.21. The maximum Gasteiger partial charge on any atom is 0.233 e. The van der Waals surface area contributed by atoms with Crippen molar-refractivity contribution >= 4 is 23.1 Å². The number of hydrogen-bond donors (Lipinski definition) is 2. The van der Waals surface area contributed by atoms with Crippen LogP contribution in [0.25, 0.3) is 0 Å². The molecule has 0 aromatic carbocycles. The van der Waals surface area contributed by atoms with Crippen molar-refractivity contribution in [2.45, 2.75) is 40.3 Å². The highest BCUT2D eigenvalue weighted by Gasteiger charge is 2.34. The maximum absolute atomic E-state index is 12.1. The van der Waals surface area contributed by atoms with E-state index in [9.17, 15) is 4.79 Å². The molecule has 3 N–H and O–H groups in total. The number of hydrogen-bond acceptors (Lipinski definition) is 4. The molecule has 0 saturated heterocycles. The molecule has 6 nitrogen and oxygen atoms in total. The molecule has 18 heavy (non-hydrogen) atoms. The van der Waals surface area contributed by atoms with Crippen LogP contribution >= 0.6 is 12.2 Å². The number of carbonyl (C=O) groups is 1. The zero-order valence-corrected chi connectivity index (χ0v) is 11.8. The molecule has 0 radical (unpaired) electrons. The fourth-order valence-electron chi connectivity index (χ4n) is 1.48. The van der Waals surface area contributed by atoms with Crippen LogP contribution in [0.1, 0.15) is 33.0 Å². The Labute approximate surface area is 112 Å². The third-order valence-corrected chi connectivity index (χ3v) is 3.65. The minimum absolute atomic E-state index is 0.178. The first-order chi connectivity index (χ1) is 8.45. The standard InChI is InChI=1S/C11H19N5OS/c1-4-11(3,9(12)18)10(17)13-6-8-15-14-7-16(8)5-2/h7H,4-6H2,1-3H3,(H2,12,18)(H,13,17). The van der Waals surface area contributed by atoms with Gasteiger partial charge in [0, 0.05) is 6.54 Å². The Kier molecular flexibility index (Phi) is 4.77. The van der Waals surface area contributed by atoms with E-state index in [0.29, 0.717) is 18.8 Å². The topological polar surface area (TPSA) is 85.8 Å². The van der Waals surface area contributed by atoms with Gasteiger partial charge in [-0.15, -0.1) is 10.2 Å². The lowest BCUT2D eigenvalue weighted by Gasteiger charge is -2.25. The first kappa shape index (κ1) is 14.6. The summed E-state index contributed by atoms with van der Waals surface area (Å²) in [6, 6.07) is 0. The molecule has 0 bridgehead atoms. The number of thiocarbonyl (C=S) groups is 1. The number of carbonyl (C=O) groups excluding carboxylic acids is 1. The summed E-state index contributed by atoms with van der Waals surface area (Å²) in [5.41, 5.74) is 4.81. The average molecular weight is 269 g/mol. The maximum atomic E-state index is 12.1. The van der Waals surface area contributed by atoms with Gasteiger partial charge in [0.05, 0.1) is 16.9 Å². The summed E-state index contributed by atoms with van der Waals surface area (Å²) < 4.78 is 1.87. The monoisotopic (exact) mass is 269 g/mol. The Morgan fingerprint density at radius 1 is 1.61 bits per heavy atom. The first-order valence-electron chi connectivity index (χ1n) is 5.90. The zero-order valence-electron chi connectivity index (χ0n) is 10.9. The number of nitrogens with one attached hydrogen (secondary N) is 1. The molecule has 0 spiro atoms. The van der Waals surface area contributed by atoms with Gasteiger partial charge in [0.25, 0.3) is 0 Å². The van der Waals surface area contributed by atoms with Crippen LogP contribution in [0.2, 0.25) is 0 Å². The lowest BCUT2D eigenvalue weighted by molar-refractivity contribution is -0.127. The molecule has 1 aromatic rings. The predicted molar refractivity (Wildman–Crippen MR) is 72.7 cm³/mol. The molecular formula is C11H19N5OS. The second-order valence-corrected chi connectivity index (χ2v) is 4.71. The molecule has 1 rings (SSSR count). The molecule has 0 aliphatic heterocycles. The third kappa shape index (κ3) is 2.84. The fraction of sp³-hybridized carbons (Fsp3) is 0.636. The molecular weight excluding hydrogens is 250 g/mol. The summed E-state index contributed by atoms with van der Waals surface area (Å²) >= 11 is 4.95. The second kappa shape index (κ2) is 5.90. The Morgan fingerprint density at radius 3 is 2.78 bits per heavy atom. The Balaban J connectivity index is 2.69. The summed E-state index contributed by atoms with van der Waals surface area (Å²) in [4.78, 5) is 12.3. The van der Waals surface area contributed by atoms with Crippen molar-refractivity contribution in [1.29, 1.82) is 0 Å². The summed E-state index contributed by atoms with van der Waals surface area (Å²) in [6.07, 6.45) is 2.20. The predicted octanol–water partition coefficient (Wildman–Crippen LogP) is 0.617. The van der Waals surface area contributed by atoms with Crippen LogP contribution in [0, 0.1) is 5.41 Å². The van der Waals surface area contributed by atoms with Crippen molar-refractivity contribution in [3.05, 3.63) is 12.2 Å². The molecule has 1 atom stereocenters. The average Bonchev–Trinajstić information content (AvgIpc) is 2.81. The van der Waals surface area contributed by atoms with Crippen LogP contribution in [0.15, 0.2) is 6.33 Å². The van der Waals surface area contributed by atoms with E-state index in [0.717, 1.165) is 6.54 Å². The Hall–Kier alpha value is -1.50. The van der Waals surface area contributed by atoms with Gasteiger partial charge >= 0.3 is 0 Å². The van der Waals surface area contributed by atoms with Crippen molar-refractivity contribution in [2.24, 2.45) is 11.1 Å². The highest BCUT2D eigenvalue weighted by molar-refractivity contribution is 7.80. The highest BCUT2D eigenvalue weighted by atomic mass is 32.1. The van der Waals surface area contributed by atoms with Gasteiger partial charge in [-0.25, -0.2) is 0 Å². The molecule has 1 heterocycles.